The van der Waals surface area contributed by atoms with E-state index in [0.29, 0.717) is 5.56 Å². The van der Waals surface area contributed by atoms with Crippen molar-refractivity contribution in [3.8, 4) is 23.0 Å². The molecule has 0 aromatic heterocycles. The lowest BCUT2D eigenvalue weighted by Crippen LogP contribution is -1.98. The maximum Gasteiger partial charge on any atom is 0.204 e. The van der Waals surface area contributed by atoms with Gasteiger partial charge in [-0.1, -0.05) is 30.3 Å². The van der Waals surface area contributed by atoms with Gasteiger partial charge < -0.3 is 20.4 Å². The maximum absolute atomic E-state index is 9.80. The van der Waals surface area contributed by atoms with Crippen LogP contribution in [0.5, 0.6) is 23.0 Å². The zero-order valence-electron chi connectivity index (χ0n) is 9.78. The van der Waals surface area contributed by atoms with Crippen LogP contribution in [0.2, 0.25) is 0 Å². The van der Waals surface area contributed by atoms with Crippen LogP contribution in [-0.4, -0.2) is 20.4 Å². The average molecular weight is 260 g/mol. The predicted octanol–water partition coefficient (Wildman–Crippen LogP) is 2.63. The fraction of sp³-hybridized carbons (Fsp3) is 0.0769. The van der Waals surface area contributed by atoms with Crippen LogP contribution in [0.4, 0.5) is 0 Å². The summed E-state index contributed by atoms with van der Waals surface area (Å²) in [4.78, 5) is 0. The molecule has 0 fully saturated rings. The molecule has 2 rings (SSSR count). The first kappa shape index (κ1) is 12.7. The first-order valence-electron chi connectivity index (χ1n) is 5.44. The predicted molar refractivity (Wildman–Crippen MR) is 66.5 cm³/mol. The Hall–Kier alpha value is -2.76. The van der Waals surface area contributed by atoms with Gasteiger partial charge in [0.1, 0.15) is 6.04 Å². The Labute approximate surface area is 108 Å². The van der Waals surface area contributed by atoms with Crippen molar-refractivity contribution in [2.24, 2.45) is 5.11 Å². The van der Waals surface area contributed by atoms with Crippen LogP contribution in [0, 0.1) is 5.53 Å². The quantitative estimate of drug-likeness (QED) is 0.331. The standard InChI is InChI=1S/C13H12N2O4/c14-15-10(7-4-2-1-3-5-7)8-6-9(16)12(18)13(19)11(8)17/h1-6,10,14,16-19H. The van der Waals surface area contributed by atoms with Crippen LogP contribution >= 0.6 is 0 Å². The molecule has 0 amide bonds. The molecule has 0 bridgehead atoms. The number of hydrogen-bond donors (Lipinski definition) is 5. The highest BCUT2D eigenvalue weighted by molar-refractivity contribution is 5.61. The van der Waals surface area contributed by atoms with E-state index in [-0.39, 0.29) is 5.56 Å². The molecular weight excluding hydrogens is 248 g/mol. The average Bonchev–Trinajstić information content (AvgIpc) is 2.44. The first-order chi connectivity index (χ1) is 9.06. The van der Waals surface area contributed by atoms with E-state index in [1.54, 1.807) is 30.3 Å². The normalized spacial score (nSPS) is 12.0. The molecule has 0 saturated carbocycles. The van der Waals surface area contributed by atoms with E-state index >= 15 is 0 Å². The minimum absolute atomic E-state index is 0.0361. The number of nitrogens with zero attached hydrogens (tertiary/aromatic N) is 1. The van der Waals surface area contributed by atoms with Crippen LogP contribution < -0.4 is 0 Å². The largest absolute Gasteiger partial charge is 0.504 e. The highest BCUT2D eigenvalue weighted by atomic mass is 16.3. The van der Waals surface area contributed by atoms with Crippen molar-refractivity contribution in [2.45, 2.75) is 6.04 Å². The number of aromatic hydroxyl groups is 4. The van der Waals surface area contributed by atoms with E-state index in [0.717, 1.165) is 6.07 Å². The van der Waals surface area contributed by atoms with Crippen molar-refractivity contribution in [2.75, 3.05) is 0 Å². The Morgan fingerprint density at radius 3 is 2.11 bits per heavy atom. The fourth-order valence-electron chi connectivity index (χ4n) is 1.82. The van der Waals surface area contributed by atoms with E-state index in [9.17, 15) is 20.4 Å². The van der Waals surface area contributed by atoms with Gasteiger partial charge in [-0.15, -0.1) is 0 Å². The van der Waals surface area contributed by atoms with E-state index in [1.807, 2.05) is 0 Å². The summed E-state index contributed by atoms with van der Waals surface area (Å²) in [5.74, 6) is -2.84. The van der Waals surface area contributed by atoms with Gasteiger partial charge in [0.15, 0.2) is 11.5 Å². The number of rotatable bonds is 3. The van der Waals surface area contributed by atoms with E-state index in [4.69, 9.17) is 5.53 Å². The van der Waals surface area contributed by atoms with Crippen LogP contribution in [-0.2, 0) is 0 Å². The lowest BCUT2D eigenvalue weighted by molar-refractivity contribution is 0.342. The molecule has 0 heterocycles. The number of phenolic OH excluding ortho intramolecular Hbond substituents is 4. The third kappa shape index (κ3) is 2.15. The topological polar surface area (TPSA) is 117 Å². The summed E-state index contributed by atoms with van der Waals surface area (Å²) in [5, 5.41) is 41.5. The molecule has 2 aromatic rings. The molecule has 0 spiro atoms. The minimum Gasteiger partial charge on any atom is -0.504 e. The first-order valence-corrected chi connectivity index (χ1v) is 5.44. The Balaban J connectivity index is 2.60. The zero-order valence-corrected chi connectivity index (χ0v) is 9.78. The van der Waals surface area contributed by atoms with Gasteiger partial charge >= 0.3 is 0 Å². The zero-order chi connectivity index (χ0) is 14.0. The number of phenols is 4. The van der Waals surface area contributed by atoms with E-state index < -0.39 is 29.0 Å². The van der Waals surface area contributed by atoms with Gasteiger partial charge in [-0.25, -0.2) is 5.53 Å². The fourth-order valence-corrected chi connectivity index (χ4v) is 1.82. The number of hydrogen-bond acceptors (Lipinski definition) is 6. The summed E-state index contributed by atoms with van der Waals surface area (Å²) >= 11 is 0. The molecule has 0 saturated heterocycles. The summed E-state index contributed by atoms with van der Waals surface area (Å²) in [6, 6.07) is 8.86. The lowest BCUT2D eigenvalue weighted by atomic mass is 9.97. The van der Waals surface area contributed by atoms with Gasteiger partial charge in [0.25, 0.3) is 0 Å². The van der Waals surface area contributed by atoms with E-state index in [1.165, 1.54) is 0 Å². The Morgan fingerprint density at radius 2 is 1.53 bits per heavy atom. The van der Waals surface area contributed by atoms with Crippen molar-refractivity contribution in [1.29, 1.82) is 5.53 Å². The summed E-state index contributed by atoms with van der Waals surface area (Å²) in [6.45, 7) is 0. The monoisotopic (exact) mass is 260 g/mol. The summed E-state index contributed by atoms with van der Waals surface area (Å²) in [7, 11) is 0. The van der Waals surface area contributed by atoms with Crippen molar-refractivity contribution in [1.82, 2.24) is 0 Å². The third-order valence-corrected chi connectivity index (χ3v) is 2.80. The molecule has 6 nitrogen and oxygen atoms in total. The molecule has 0 aliphatic heterocycles. The molecule has 5 N–H and O–H groups in total. The van der Waals surface area contributed by atoms with Gasteiger partial charge in [-0.3, -0.25) is 0 Å². The second kappa shape index (κ2) is 4.85. The van der Waals surface area contributed by atoms with E-state index in [2.05, 4.69) is 5.11 Å². The molecule has 98 valence electrons. The molecule has 19 heavy (non-hydrogen) atoms. The maximum atomic E-state index is 9.80. The highest BCUT2D eigenvalue weighted by Gasteiger charge is 2.23. The number of nitrogens with one attached hydrogen (secondary N) is 1. The van der Waals surface area contributed by atoms with Crippen molar-refractivity contribution in [3.05, 3.63) is 47.5 Å². The Bertz CT molecular complexity index is 614. The van der Waals surface area contributed by atoms with Gasteiger partial charge in [0.05, 0.1) is 0 Å². The molecule has 1 atom stereocenters. The highest BCUT2D eigenvalue weighted by Crippen LogP contribution is 2.47. The molecule has 6 heteroatoms. The molecule has 2 aromatic carbocycles. The van der Waals surface area contributed by atoms with Crippen molar-refractivity contribution >= 4 is 0 Å². The van der Waals surface area contributed by atoms with Gasteiger partial charge in [-0.2, -0.15) is 5.11 Å². The van der Waals surface area contributed by atoms with Crippen LogP contribution in [0.3, 0.4) is 0 Å². The minimum atomic E-state index is -0.876. The Kier molecular flexibility index (Phi) is 3.24. The smallest absolute Gasteiger partial charge is 0.204 e. The van der Waals surface area contributed by atoms with Crippen molar-refractivity contribution in [3.63, 3.8) is 0 Å². The molecular formula is C13H12N2O4. The summed E-state index contributed by atoms with van der Waals surface area (Å²) in [5.41, 5.74) is 7.86. The van der Waals surface area contributed by atoms with Crippen LogP contribution in [0.25, 0.3) is 0 Å². The second-order valence-corrected chi connectivity index (χ2v) is 3.97. The molecule has 0 radical (unpaired) electrons. The summed E-state index contributed by atoms with van der Waals surface area (Å²) in [6.07, 6.45) is 0. The molecule has 0 aliphatic rings. The summed E-state index contributed by atoms with van der Waals surface area (Å²) < 4.78 is 0. The van der Waals surface area contributed by atoms with Gasteiger partial charge in [0, 0.05) is 5.56 Å². The number of benzene rings is 2. The van der Waals surface area contributed by atoms with Gasteiger partial charge in [0.2, 0.25) is 11.5 Å². The molecule has 1 unspecified atom stereocenters. The van der Waals surface area contributed by atoms with Crippen LogP contribution in [0.15, 0.2) is 41.5 Å². The molecule has 0 aliphatic carbocycles. The lowest BCUT2D eigenvalue weighted by Gasteiger charge is -2.15. The Morgan fingerprint density at radius 1 is 0.895 bits per heavy atom. The van der Waals surface area contributed by atoms with Gasteiger partial charge in [-0.05, 0) is 11.6 Å². The second-order valence-electron chi connectivity index (χ2n) is 3.97. The van der Waals surface area contributed by atoms with Crippen LogP contribution in [0.1, 0.15) is 17.2 Å². The van der Waals surface area contributed by atoms with Crippen molar-refractivity contribution < 1.29 is 20.4 Å². The third-order valence-electron chi connectivity index (χ3n) is 2.80. The SMILES string of the molecule is N=NC(c1ccccc1)c1cc(O)c(O)c(O)c1O.